The highest BCUT2D eigenvalue weighted by Gasteiger charge is 2.25. The van der Waals surface area contributed by atoms with Gasteiger partial charge in [0.1, 0.15) is 44.9 Å². The highest BCUT2D eigenvalue weighted by atomic mass is 16.3. The largest absolute Gasteiger partial charge is 0.464 e. The van der Waals surface area contributed by atoms with Crippen LogP contribution >= 0.6 is 0 Å². The number of para-hydroxylation sites is 4. The van der Waals surface area contributed by atoms with Gasteiger partial charge in [0.2, 0.25) is 0 Å². The van der Waals surface area contributed by atoms with Gasteiger partial charge in [-0.1, -0.05) is 84.9 Å². The van der Waals surface area contributed by atoms with Crippen LogP contribution in [-0.4, -0.2) is 38.2 Å². The van der Waals surface area contributed by atoms with Crippen LogP contribution in [0.5, 0.6) is 0 Å². The minimum absolute atomic E-state index is 0.756. The van der Waals surface area contributed by atoms with Gasteiger partial charge in [0.15, 0.2) is 0 Å². The SMILES string of the molecule is c1ccc2c(c1)c1ccccc1n2-c1cc(-c2cc(-c3ccc4occc4c3)c3oc4c(-c5ccc6occc6c5)cc(-c5cc(-n6c7ccccc7c7ccccc76)cc(-n6c7ncccc7c7cccnc76)c5)cc4c3c2)cc(-n2c3ncccc3c3cccnc32)c1. The Morgan fingerprint density at radius 1 is 0.242 bits per heavy atom. The molecule has 0 spiro atoms. The Labute approximate surface area is 539 Å². The molecule has 11 heterocycles. The Morgan fingerprint density at radius 3 is 0.937 bits per heavy atom. The number of nitrogens with zero attached hydrogens (tertiary/aromatic N) is 8. The van der Waals surface area contributed by atoms with Crippen LogP contribution in [0.4, 0.5) is 0 Å². The summed E-state index contributed by atoms with van der Waals surface area (Å²) < 4.78 is 28.8. The predicted molar refractivity (Wildman–Crippen MR) is 384 cm³/mol. The number of fused-ring (bicyclic) bond motifs is 17. The smallest absolute Gasteiger partial charge is 0.146 e. The molecule has 11 heteroatoms. The van der Waals surface area contributed by atoms with Crippen LogP contribution < -0.4 is 0 Å². The molecule has 442 valence electrons. The van der Waals surface area contributed by atoms with E-state index in [2.05, 4.69) is 237 Å². The molecule has 0 radical (unpaired) electrons. The molecular weight excluding hydrogens is 1170 g/mol. The minimum atomic E-state index is 0.756. The molecule has 0 saturated heterocycles. The van der Waals surface area contributed by atoms with Gasteiger partial charge in [-0.05, 0) is 203 Å². The first-order valence-electron chi connectivity index (χ1n) is 31.8. The van der Waals surface area contributed by atoms with E-state index in [-0.39, 0.29) is 0 Å². The molecule has 0 unspecified atom stereocenters. The second-order valence-corrected chi connectivity index (χ2v) is 24.6. The van der Waals surface area contributed by atoms with Gasteiger partial charge >= 0.3 is 0 Å². The molecule has 0 aliphatic carbocycles. The Hall–Kier alpha value is -13.1. The first-order chi connectivity index (χ1) is 47.1. The van der Waals surface area contributed by atoms with E-state index >= 15 is 0 Å². The lowest BCUT2D eigenvalue weighted by molar-refractivity contribution is 0.615. The Bertz CT molecular complexity index is 5940. The molecule has 21 aromatic rings. The van der Waals surface area contributed by atoms with Crippen molar-refractivity contribution in [3.63, 3.8) is 0 Å². The van der Waals surface area contributed by atoms with Crippen molar-refractivity contribution < 1.29 is 13.3 Å². The van der Waals surface area contributed by atoms with E-state index in [0.29, 0.717) is 0 Å². The molecule has 10 aromatic carbocycles. The molecule has 0 atom stereocenters. The van der Waals surface area contributed by atoms with Crippen LogP contribution in [0.15, 0.2) is 305 Å². The zero-order chi connectivity index (χ0) is 62.0. The maximum Gasteiger partial charge on any atom is 0.146 e. The first kappa shape index (κ1) is 51.6. The molecule has 21 rings (SSSR count). The summed E-state index contributed by atoms with van der Waals surface area (Å²) in [6.45, 7) is 0. The first-order valence-corrected chi connectivity index (χ1v) is 31.8. The molecule has 0 aliphatic heterocycles. The molecule has 0 fully saturated rings. The summed E-state index contributed by atoms with van der Waals surface area (Å²) >= 11 is 0. The minimum Gasteiger partial charge on any atom is -0.464 e. The van der Waals surface area contributed by atoms with Crippen LogP contribution in [0, 0.1) is 0 Å². The van der Waals surface area contributed by atoms with E-state index in [1.54, 1.807) is 12.5 Å². The van der Waals surface area contributed by atoms with E-state index in [9.17, 15) is 0 Å². The van der Waals surface area contributed by atoms with Crippen molar-refractivity contribution in [1.29, 1.82) is 0 Å². The van der Waals surface area contributed by atoms with E-state index in [1.807, 2.05) is 61.2 Å². The van der Waals surface area contributed by atoms with Crippen molar-refractivity contribution in [2.75, 3.05) is 0 Å². The third kappa shape index (κ3) is 7.63. The topological polar surface area (TPSA) is 111 Å². The van der Waals surface area contributed by atoms with E-state index in [4.69, 9.17) is 33.2 Å². The molecule has 11 aromatic heterocycles. The standard InChI is InChI=1S/C84H48N8O3/c1-5-21-73-61(13-1)62-14-2-6-22-74(62)89(73)57-39-53(41-59(47-57)91-81-65(17-9-31-85-81)66-18-10-32-86-82(66)91)55-43-69(49-25-27-77-51(37-49)29-35-93-77)79-71(45-55)72-46-56(44-70(80(72)95-79)50-26-28-78-52(38-50)30-36-94-78)54-40-58(90-75-23-7-3-15-63(75)64-16-4-8-24-76(64)90)48-60(42-54)92-83-67(19-11-33-87-83)68-20-12-34-88-84(68)92/h1-48H. The lowest BCUT2D eigenvalue weighted by Crippen LogP contribution is -2.01. The third-order valence-corrected chi connectivity index (χ3v) is 19.4. The Kier molecular flexibility index (Phi) is 10.7. The summed E-state index contributed by atoms with van der Waals surface area (Å²) in [5, 5.41) is 12.7. The Balaban J connectivity index is 0.883. The van der Waals surface area contributed by atoms with Crippen molar-refractivity contribution in [1.82, 2.24) is 38.2 Å². The van der Waals surface area contributed by atoms with Gasteiger partial charge in [-0.3, -0.25) is 9.13 Å². The number of rotatable bonds is 8. The quantitative estimate of drug-likeness (QED) is 0.149. The number of hydrogen-bond donors (Lipinski definition) is 0. The van der Waals surface area contributed by atoms with E-state index in [1.165, 1.54) is 21.5 Å². The molecule has 11 nitrogen and oxygen atoms in total. The fourth-order valence-electron chi connectivity index (χ4n) is 15.3. The number of hydrogen-bond acceptors (Lipinski definition) is 7. The van der Waals surface area contributed by atoms with Crippen molar-refractivity contribution >= 4 is 132 Å². The van der Waals surface area contributed by atoms with Crippen LogP contribution in [-0.2, 0) is 0 Å². The molecule has 0 amide bonds. The zero-order valence-corrected chi connectivity index (χ0v) is 50.5. The predicted octanol–water partition coefficient (Wildman–Crippen LogP) is 21.7. The fourth-order valence-corrected chi connectivity index (χ4v) is 15.3. The maximum atomic E-state index is 7.61. The van der Waals surface area contributed by atoms with Crippen LogP contribution in [0.1, 0.15) is 0 Å². The van der Waals surface area contributed by atoms with E-state index in [0.717, 1.165) is 177 Å². The van der Waals surface area contributed by atoms with Crippen molar-refractivity contribution in [2.45, 2.75) is 0 Å². The summed E-state index contributed by atoms with van der Waals surface area (Å²) in [4.78, 5) is 20.3. The average molecular weight is 1220 g/mol. The summed E-state index contributed by atoms with van der Waals surface area (Å²) in [6.07, 6.45) is 11.0. The third-order valence-electron chi connectivity index (χ3n) is 19.4. The summed E-state index contributed by atoms with van der Waals surface area (Å²) in [6, 6.07) is 91.3. The van der Waals surface area contributed by atoms with Crippen LogP contribution in [0.25, 0.3) is 199 Å². The van der Waals surface area contributed by atoms with Gasteiger partial charge in [-0.25, -0.2) is 19.9 Å². The maximum absolute atomic E-state index is 7.61. The van der Waals surface area contributed by atoms with Crippen molar-refractivity contribution in [3.8, 4) is 67.3 Å². The normalized spacial score (nSPS) is 12.2. The van der Waals surface area contributed by atoms with Gasteiger partial charge in [0.05, 0.1) is 46.0 Å². The number of furan rings is 3. The second-order valence-electron chi connectivity index (χ2n) is 24.6. The Morgan fingerprint density at radius 2 is 0.568 bits per heavy atom. The van der Waals surface area contributed by atoms with Gasteiger partial charge in [-0.2, -0.15) is 0 Å². The second kappa shape index (κ2) is 19.7. The van der Waals surface area contributed by atoms with Crippen molar-refractivity contribution in [2.24, 2.45) is 0 Å². The summed E-state index contributed by atoms with van der Waals surface area (Å²) in [5.74, 6) is 0. The number of benzene rings is 10. The van der Waals surface area contributed by atoms with E-state index < -0.39 is 0 Å². The van der Waals surface area contributed by atoms with Crippen LogP contribution in [0.2, 0.25) is 0 Å². The highest BCUT2D eigenvalue weighted by molar-refractivity contribution is 6.17. The highest BCUT2D eigenvalue weighted by Crippen LogP contribution is 2.48. The number of aromatic nitrogens is 8. The zero-order valence-electron chi connectivity index (χ0n) is 50.5. The summed E-state index contributed by atoms with van der Waals surface area (Å²) in [5.41, 5.74) is 22.4. The number of pyridine rings is 4. The molecule has 0 bridgehead atoms. The molecule has 95 heavy (non-hydrogen) atoms. The van der Waals surface area contributed by atoms with Gasteiger partial charge < -0.3 is 22.4 Å². The fraction of sp³-hybridized carbons (Fsp3) is 0. The van der Waals surface area contributed by atoms with Crippen LogP contribution in [0.3, 0.4) is 0 Å². The van der Waals surface area contributed by atoms with Crippen molar-refractivity contribution in [3.05, 3.63) is 292 Å². The van der Waals surface area contributed by atoms with Gasteiger partial charge in [0.25, 0.3) is 0 Å². The lowest BCUT2D eigenvalue weighted by Gasteiger charge is -2.16. The van der Waals surface area contributed by atoms with Gasteiger partial charge in [-0.15, -0.1) is 0 Å². The lowest BCUT2D eigenvalue weighted by atomic mass is 9.92. The molecule has 0 N–H and O–H groups in total. The average Bonchev–Trinajstić information content (AvgIpc) is 1.64. The molecular formula is C84H48N8O3. The van der Waals surface area contributed by atoms with Gasteiger partial charge in [0, 0.05) is 112 Å². The molecule has 0 aliphatic rings. The monoisotopic (exact) mass is 1220 g/mol. The molecule has 0 saturated carbocycles. The summed E-state index contributed by atoms with van der Waals surface area (Å²) in [7, 11) is 0.